The lowest BCUT2D eigenvalue weighted by atomic mass is 10.1. The van der Waals surface area contributed by atoms with Gasteiger partial charge in [-0.3, -0.25) is 4.79 Å². The van der Waals surface area contributed by atoms with Crippen LogP contribution in [0.1, 0.15) is 15.9 Å². The van der Waals surface area contributed by atoms with Crippen molar-refractivity contribution in [3.8, 4) is 0 Å². The third kappa shape index (κ3) is 2.87. The van der Waals surface area contributed by atoms with Gasteiger partial charge in [0.05, 0.1) is 5.56 Å². The van der Waals surface area contributed by atoms with Gasteiger partial charge in [-0.2, -0.15) is 0 Å². The molecule has 21 heavy (non-hydrogen) atoms. The van der Waals surface area contributed by atoms with Crippen LogP contribution in [0.4, 0.5) is 0 Å². The predicted molar refractivity (Wildman–Crippen MR) is 86.0 cm³/mol. The molecule has 0 bridgehead atoms. The molecular weight excluding hydrogens is 282 g/mol. The van der Waals surface area contributed by atoms with E-state index in [1.807, 2.05) is 24.4 Å². The first-order valence-corrected chi connectivity index (χ1v) is 7.17. The zero-order chi connectivity index (χ0) is 14.7. The Morgan fingerprint density at radius 2 is 2.00 bits per heavy atom. The monoisotopic (exact) mass is 297 g/mol. The number of amides is 1. The molecule has 2 aromatic heterocycles. The van der Waals surface area contributed by atoms with Crippen molar-refractivity contribution in [2.24, 2.45) is 0 Å². The van der Waals surface area contributed by atoms with Crippen molar-refractivity contribution in [1.82, 2.24) is 15.3 Å². The number of aromatic nitrogens is 2. The molecule has 0 aliphatic carbocycles. The van der Waals surface area contributed by atoms with E-state index in [0.29, 0.717) is 16.7 Å². The zero-order valence-corrected chi connectivity index (χ0v) is 12.2. The van der Waals surface area contributed by atoms with Gasteiger partial charge in [0.25, 0.3) is 5.91 Å². The lowest BCUT2D eigenvalue weighted by Crippen LogP contribution is -2.26. The van der Waals surface area contributed by atoms with E-state index >= 15 is 0 Å². The lowest BCUT2D eigenvalue weighted by Gasteiger charge is -2.05. The number of aromatic amines is 2. The molecule has 0 saturated heterocycles. The molecule has 0 saturated carbocycles. The summed E-state index contributed by atoms with van der Waals surface area (Å²) in [4.78, 5) is 18.1. The summed E-state index contributed by atoms with van der Waals surface area (Å²) in [5.41, 5.74) is 2.82. The first-order valence-electron chi connectivity index (χ1n) is 6.76. The molecular formula is C16H15N3OS. The molecule has 0 fully saturated rings. The van der Waals surface area contributed by atoms with Gasteiger partial charge in [-0.15, -0.1) is 0 Å². The summed E-state index contributed by atoms with van der Waals surface area (Å²) in [5.74, 6) is -0.142. The topological polar surface area (TPSA) is 60.7 Å². The molecule has 0 spiro atoms. The molecule has 0 unspecified atom stereocenters. The molecule has 3 aromatic rings. The number of nitrogens with one attached hydrogen (secondary N) is 3. The largest absolute Gasteiger partial charge is 0.361 e. The van der Waals surface area contributed by atoms with E-state index in [1.165, 1.54) is 10.9 Å². The number of rotatable bonds is 4. The average Bonchev–Trinajstić information content (AvgIpc) is 2.91. The van der Waals surface area contributed by atoms with Crippen molar-refractivity contribution in [3.05, 3.63) is 64.6 Å². The van der Waals surface area contributed by atoms with Crippen LogP contribution in [0.2, 0.25) is 0 Å². The number of H-pyrrole nitrogens is 2. The molecule has 1 aromatic carbocycles. The SMILES string of the molecule is O=C(NCCc1c[nH]c2ccccc12)c1ccc[nH]c1=S. The fourth-order valence-corrected chi connectivity index (χ4v) is 2.57. The van der Waals surface area contributed by atoms with Crippen LogP contribution in [0.3, 0.4) is 0 Å². The van der Waals surface area contributed by atoms with Crippen LogP contribution in [-0.2, 0) is 6.42 Å². The fraction of sp³-hybridized carbons (Fsp3) is 0.125. The number of hydrogen-bond acceptors (Lipinski definition) is 2. The minimum atomic E-state index is -0.142. The average molecular weight is 297 g/mol. The van der Waals surface area contributed by atoms with Crippen molar-refractivity contribution in [3.63, 3.8) is 0 Å². The van der Waals surface area contributed by atoms with Crippen LogP contribution in [0, 0.1) is 4.64 Å². The second-order valence-electron chi connectivity index (χ2n) is 4.78. The van der Waals surface area contributed by atoms with Gasteiger partial charge in [-0.25, -0.2) is 0 Å². The third-order valence-corrected chi connectivity index (χ3v) is 3.76. The van der Waals surface area contributed by atoms with E-state index in [9.17, 15) is 4.79 Å². The highest BCUT2D eigenvalue weighted by atomic mass is 32.1. The minimum absolute atomic E-state index is 0.142. The minimum Gasteiger partial charge on any atom is -0.361 e. The molecule has 1 amide bonds. The maximum atomic E-state index is 12.1. The number of para-hydroxylation sites is 1. The van der Waals surface area contributed by atoms with Gasteiger partial charge >= 0.3 is 0 Å². The Morgan fingerprint density at radius 3 is 2.86 bits per heavy atom. The highest BCUT2D eigenvalue weighted by molar-refractivity contribution is 7.71. The van der Waals surface area contributed by atoms with Crippen molar-refractivity contribution >= 4 is 29.0 Å². The maximum absolute atomic E-state index is 12.1. The number of carbonyl (C=O) groups excluding carboxylic acids is 1. The maximum Gasteiger partial charge on any atom is 0.254 e. The zero-order valence-electron chi connectivity index (χ0n) is 11.3. The van der Waals surface area contributed by atoms with Gasteiger partial charge in [0.2, 0.25) is 0 Å². The van der Waals surface area contributed by atoms with E-state index in [1.54, 1.807) is 18.3 Å². The van der Waals surface area contributed by atoms with Gasteiger partial charge in [0.1, 0.15) is 4.64 Å². The Labute approximate surface area is 127 Å². The Kier molecular flexibility index (Phi) is 3.83. The van der Waals surface area contributed by atoms with Gasteiger partial charge in [-0.1, -0.05) is 30.4 Å². The summed E-state index contributed by atoms with van der Waals surface area (Å²) in [6.07, 6.45) is 4.48. The van der Waals surface area contributed by atoms with Crippen LogP contribution in [-0.4, -0.2) is 22.4 Å². The third-order valence-electron chi connectivity index (χ3n) is 3.42. The fourth-order valence-electron chi connectivity index (χ4n) is 2.34. The molecule has 106 valence electrons. The van der Waals surface area contributed by atoms with E-state index in [0.717, 1.165) is 11.9 Å². The number of fused-ring (bicyclic) bond motifs is 1. The number of hydrogen-bond donors (Lipinski definition) is 3. The molecule has 4 nitrogen and oxygen atoms in total. The second kappa shape index (κ2) is 5.93. The molecule has 3 N–H and O–H groups in total. The van der Waals surface area contributed by atoms with Gasteiger partial charge in [0.15, 0.2) is 0 Å². The lowest BCUT2D eigenvalue weighted by molar-refractivity contribution is 0.0953. The Bertz CT molecular complexity index is 834. The Morgan fingerprint density at radius 1 is 1.14 bits per heavy atom. The van der Waals surface area contributed by atoms with Crippen LogP contribution in [0.5, 0.6) is 0 Å². The summed E-state index contributed by atoms with van der Waals surface area (Å²) in [5, 5.41) is 4.10. The van der Waals surface area contributed by atoms with Crippen LogP contribution in [0.15, 0.2) is 48.8 Å². The van der Waals surface area contributed by atoms with Crippen molar-refractivity contribution in [2.75, 3.05) is 6.54 Å². The number of carbonyl (C=O) groups is 1. The molecule has 3 rings (SSSR count). The summed E-state index contributed by atoms with van der Waals surface area (Å²) < 4.78 is 0.460. The summed E-state index contributed by atoms with van der Waals surface area (Å²) >= 11 is 5.10. The van der Waals surface area contributed by atoms with Gasteiger partial charge in [0, 0.05) is 29.8 Å². The normalized spacial score (nSPS) is 10.7. The first-order chi connectivity index (χ1) is 10.3. The number of pyridine rings is 1. The summed E-state index contributed by atoms with van der Waals surface area (Å²) in [6.45, 7) is 0.574. The highest BCUT2D eigenvalue weighted by Gasteiger charge is 2.07. The van der Waals surface area contributed by atoms with Crippen molar-refractivity contribution < 1.29 is 4.79 Å². The van der Waals surface area contributed by atoms with Crippen LogP contribution < -0.4 is 5.32 Å². The molecule has 0 atom stereocenters. The second-order valence-corrected chi connectivity index (χ2v) is 5.19. The first kappa shape index (κ1) is 13.6. The van der Waals surface area contributed by atoms with Crippen molar-refractivity contribution in [1.29, 1.82) is 0 Å². The predicted octanol–water partition coefficient (Wildman–Crippen LogP) is 3.20. The van der Waals surface area contributed by atoms with Gasteiger partial charge < -0.3 is 15.3 Å². The van der Waals surface area contributed by atoms with Crippen molar-refractivity contribution in [2.45, 2.75) is 6.42 Å². The van der Waals surface area contributed by atoms with E-state index in [4.69, 9.17) is 12.2 Å². The molecule has 2 heterocycles. The molecule has 5 heteroatoms. The Balaban J connectivity index is 1.65. The summed E-state index contributed by atoms with van der Waals surface area (Å²) in [6, 6.07) is 11.6. The van der Waals surface area contributed by atoms with Crippen LogP contribution in [0.25, 0.3) is 10.9 Å². The number of benzene rings is 1. The summed E-state index contributed by atoms with van der Waals surface area (Å²) in [7, 11) is 0. The molecule has 0 radical (unpaired) electrons. The van der Waals surface area contributed by atoms with Gasteiger partial charge in [-0.05, 0) is 30.2 Å². The highest BCUT2D eigenvalue weighted by Crippen LogP contribution is 2.17. The van der Waals surface area contributed by atoms with E-state index < -0.39 is 0 Å². The van der Waals surface area contributed by atoms with E-state index in [-0.39, 0.29) is 5.91 Å². The Hall–Kier alpha value is -2.40. The smallest absolute Gasteiger partial charge is 0.254 e. The van der Waals surface area contributed by atoms with Crippen LogP contribution >= 0.6 is 12.2 Å². The standard InChI is InChI=1S/C16H15N3OS/c20-15(13-5-3-8-18-16(13)21)17-9-7-11-10-19-14-6-2-1-4-12(11)14/h1-6,8,10,19H,7,9H2,(H,17,20)(H,18,21). The molecule has 0 aliphatic rings. The molecule has 0 aliphatic heterocycles. The quantitative estimate of drug-likeness (QED) is 0.648. The van der Waals surface area contributed by atoms with E-state index in [2.05, 4.69) is 21.4 Å².